The van der Waals surface area contributed by atoms with Crippen molar-refractivity contribution in [2.75, 3.05) is 12.0 Å². The molecule has 102 valence electrons. The highest BCUT2D eigenvalue weighted by atomic mass is 32.2. The lowest BCUT2D eigenvalue weighted by atomic mass is 9.77. The minimum Gasteiger partial charge on any atom is -0.480 e. The fourth-order valence-corrected chi connectivity index (χ4v) is 2.73. The minimum atomic E-state index is -0.963. The van der Waals surface area contributed by atoms with Crippen molar-refractivity contribution in [2.45, 2.75) is 24.8 Å². The average molecular weight is 279 g/mol. The molecule has 0 aromatic heterocycles. The number of amides is 1. The maximum atomic E-state index is 12.1. The highest BCUT2D eigenvalue weighted by molar-refractivity contribution is 7.98. The summed E-state index contributed by atoms with van der Waals surface area (Å²) in [6.45, 7) is 0. The van der Waals surface area contributed by atoms with E-state index in [0.29, 0.717) is 12.8 Å². The topological polar surface area (TPSA) is 66.4 Å². The van der Waals surface area contributed by atoms with Crippen LogP contribution in [0.15, 0.2) is 24.3 Å². The van der Waals surface area contributed by atoms with Crippen LogP contribution in [0.25, 0.3) is 0 Å². The summed E-state index contributed by atoms with van der Waals surface area (Å²) in [5.41, 5.74) is 2.20. The number of carboxylic acids is 1. The fourth-order valence-electron chi connectivity index (χ4n) is 2.26. The number of carbonyl (C=O) groups is 2. The van der Waals surface area contributed by atoms with Gasteiger partial charge >= 0.3 is 5.97 Å². The van der Waals surface area contributed by atoms with E-state index in [2.05, 4.69) is 5.32 Å². The molecular formula is C14H17NO3S. The Bertz CT molecular complexity index is 489. The number of hydrogen-bond donors (Lipinski definition) is 2. The summed E-state index contributed by atoms with van der Waals surface area (Å²) in [7, 11) is 0. The Labute approximate surface area is 116 Å². The molecule has 0 saturated carbocycles. The van der Waals surface area contributed by atoms with E-state index in [1.165, 1.54) is 5.56 Å². The van der Waals surface area contributed by atoms with Crippen molar-refractivity contribution in [3.8, 4) is 0 Å². The van der Waals surface area contributed by atoms with Crippen LogP contribution in [0.2, 0.25) is 0 Å². The summed E-state index contributed by atoms with van der Waals surface area (Å²) in [5, 5.41) is 11.7. The van der Waals surface area contributed by atoms with Crippen molar-refractivity contribution in [3.63, 3.8) is 0 Å². The predicted molar refractivity (Wildman–Crippen MR) is 75.5 cm³/mol. The monoisotopic (exact) mass is 279 g/mol. The Morgan fingerprint density at radius 3 is 2.84 bits per heavy atom. The van der Waals surface area contributed by atoms with Crippen molar-refractivity contribution in [1.82, 2.24) is 5.32 Å². The number of thioether (sulfide) groups is 1. The van der Waals surface area contributed by atoms with Crippen molar-refractivity contribution in [3.05, 3.63) is 35.4 Å². The first kappa shape index (κ1) is 13.9. The normalized spacial score (nSPS) is 18.1. The number of hydrogen-bond acceptors (Lipinski definition) is 3. The third kappa shape index (κ3) is 3.10. The van der Waals surface area contributed by atoms with Gasteiger partial charge in [-0.15, -0.1) is 0 Å². The molecule has 1 aromatic carbocycles. The smallest absolute Gasteiger partial charge is 0.326 e. The second kappa shape index (κ2) is 6.10. The van der Waals surface area contributed by atoms with E-state index in [1.54, 1.807) is 11.8 Å². The van der Waals surface area contributed by atoms with Gasteiger partial charge in [0.25, 0.3) is 0 Å². The van der Waals surface area contributed by atoms with Gasteiger partial charge in [-0.2, -0.15) is 11.8 Å². The summed E-state index contributed by atoms with van der Waals surface area (Å²) in [4.78, 5) is 23.2. The second-order valence-corrected chi connectivity index (χ2v) is 5.62. The molecule has 0 spiro atoms. The van der Waals surface area contributed by atoms with Crippen molar-refractivity contribution in [2.24, 2.45) is 0 Å². The summed E-state index contributed by atoms with van der Waals surface area (Å²) in [6, 6.07) is 7.00. The number of fused-ring (bicyclic) bond motifs is 1. The van der Waals surface area contributed by atoms with Gasteiger partial charge in [0.15, 0.2) is 0 Å². The van der Waals surface area contributed by atoms with E-state index in [-0.39, 0.29) is 11.8 Å². The molecule has 2 rings (SSSR count). The molecule has 5 heteroatoms. The zero-order valence-corrected chi connectivity index (χ0v) is 11.6. The molecule has 0 radical (unpaired) electrons. The lowest BCUT2D eigenvalue weighted by Crippen LogP contribution is -2.45. The molecule has 1 aliphatic rings. The summed E-state index contributed by atoms with van der Waals surface area (Å²) < 4.78 is 0. The van der Waals surface area contributed by atoms with Crippen LogP contribution in [0.4, 0.5) is 0 Å². The Hall–Kier alpha value is -1.49. The molecule has 19 heavy (non-hydrogen) atoms. The van der Waals surface area contributed by atoms with Crippen molar-refractivity contribution in [1.29, 1.82) is 0 Å². The van der Waals surface area contributed by atoms with Gasteiger partial charge in [-0.25, -0.2) is 4.79 Å². The zero-order valence-electron chi connectivity index (χ0n) is 10.8. The first-order valence-corrected chi connectivity index (χ1v) is 7.62. The Kier molecular flexibility index (Phi) is 4.47. The van der Waals surface area contributed by atoms with Gasteiger partial charge in [0.05, 0.1) is 5.92 Å². The van der Waals surface area contributed by atoms with Gasteiger partial charge in [0.2, 0.25) is 5.91 Å². The lowest BCUT2D eigenvalue weighted by molar-refractivity contribution is -0.142. The van der Waals surface area contributed by atoms with E-state index < -0.39 is 12.0 Å². The van der Waals surface area contributed by atoms with Gasteiger partial charge in [0.1, 0.15) is 6.04 Å². The fraction of sp³-hybridized carbons (Fsp3) is 0.429. The summed E-state index contributed by atoms with van der Waals surface area (Å²) in [5.74, 6) is -0.604. The molecule has 0 bridgehead atoms. The number of carboxylic acid groups (broad SMARTS) is 1. The van der Waals surface area contributed by atoms with E-state index in [1.807, 2.05) is 30.5 Å². The van der Waals surface area contributed by atoms with Crippen LogP contribution in [-0.2, 0) is 16.0 Å². The first-order valence-electron chi connectivity index (χ1n) is 6.23. The third-order valence-corrected chi connectivity index (χ3v) is 4.04. The van der Waals surface area contributed by atoms with Crippen LogP contribution < -0.4 is 5.32 Å². The van der Waals surface area contributed by atoms with Gasteiger partial charge < -0.3 is 10.4 Å². The van der Waals surface area contributed by atoms with E-state index in [4.69, 9.17) is 5.11 Å². The van der Waals surface area contributed by atoms with Crippen molar-refractivity contribution >= 4 is 23.6 Å². The highest BCUT2D eigenvalue weighted by Crippen LogP contribution is 2.34. The van der Waals surface area contributed by atoms with Gasteiger partial charge in [-0.05, 0) is 36.0 Å². The SMILES string of the molecule is CSCC[C@H](NC(=O)C1Cc2ccccc21)C(=O)O. The lowest BCUT2D eigenvalue weighted by Gasteiger charge is -2.30. The molecule has 1 aromatic rings. The number of rotatable bonds is 6. The van der Waals surface area contributed by atoms with Crippen LogP contribution in [-0.4, -0.2) is 35.0 Å². The molecule has 1 unspecified atom stereocenters. The molecule has 2 atom stereocenters. The molecule has 1 aliphatic carbocycles. The van der Waals surface area contributed by atoms with Crippen LogP contribution in [0, 0.1) is 0 Å². The predicted octanol–water partition coefficient (Wildman–Crippen LogP) is 1.65. The quantitative estimate of drug-likeness (QED) is 0.831. The van der Waals surface area contributed by atoms with Gasteiger partial charge in [-0.1, -0.05) is 24.3 Å². The largest absolute Gasteiger partial charge is 0.480 e. The number of benzene rings is 1. The van der Waals surface area contributed by atoms with Crippen LogP contribution in [0.3, 0.4) is 0 Å². The van der Waals surface area contributed by atoms with Crippen LogP contribution in [0.5, 0.6) is 0 Å². The van der Waals surface area contributed by atoms with E-state index in [0.717, 1.165) is 11.3 Å². The molecule has 1 amide bonds. The van der Waals surface area contributed by atoms with Gasteiger partial charge in [0, 0.05) is 0 Å². The molecule has 0 aliphatic heterocycles. The van der Waals surface area contributed by atoms with Gasteiger partial charge in [-0.3, -0.25) is 4.79 Å². The molecule has 0 fully saturated rings. The number of nitrogens with one attached hydrogen (secondary N) is 1. The first-order chi connectivity index (χ1) is 9.13. The molecule has 2 N–H and O–H groups in total. The third-order valence-electron chi connectivity index (χ3n) is 3.40. The Morgan fingerprint density at radius 2 is 2.21 bits per heavy atom. The zero-order chi connectivity index (χ0) is 13.8. The summed E-state index contributed by atoms with van der Waals surface area (Å²) >= 11 is 1.58. The molecular weight excluding hydrogens is 262 g/mol. The Morgan fingerprint density at radius 1 is 1.47 bits per heavy atom. The highest BCUT2D eigenvalue weighted by Gasteiger charge is 2.33. The molecule has 4 nitrogen and oxygen atoms in total. The van der Waals surface area contributed by atoms with Crippen LogP contribution in [0.1, 0.15) is 23.5 Å². The maximum absolute atomic E-state index is 12.1. The number of aliphatic carboxylic acids is 1. The van der Waals surface area contributed by atoms with Crippen LogP contribution >= 0.6 is 11.8 Å². The van der Waals surface area contributed by atoms with E-state index >= 15 is 0 Å². The molecule has 0 saturated heterocycles. The van der Waals surface area contributed by atoms with Crippen molar-refractivity contribution < 1.29 is 14.7 Å². The number of carbonyl (C=O) groups excluding carboxylic acids is 1. The minimum absolute atomic E-state index is 0.174. The second-order valence-electron chi connectivity index (χ2n) is 4.64. The maximum Gasteiger partial charge on any atom is 0.326 e. The molecule has 0 heterocycles. The standard InChI is InChI=1S/C14H17NO3S/c1-19-7-6-12(14(17)18)15-13(16)11-8-9-4-2-3-5-10(9)11/h2-5,11-12H,6-8H2,1H3,(H,15,16)(H,17,18)/t11?,12-/m0/s1. The summed E-state index contributed by atoms with van der Waals surface area (Å²) in [6.07, 6.45) is 3.08. The average Bonchev–Trinajstić information content (AvgIpc) is 2.35. The van der Waals surface area contributed by atoms with E-state index in [9.17, 15) is 9.59 Å². The Balaban J connectivity index is 1.96.